The number of nitrogens with one attached hydrogen (secondary N) is 2. The maximum Gasteiger partial charge on any atom is 0.573 e. The Morgan fingerprint density at radius 3 is 2.67 bits per heavy atom. The summed E-state index contributed by atoms with van der Waals surface area (Å²) in [5, 5.41) is 5.51. The van der Waals surface area contributed by atoms with Crippen molar-refractivity contribution in [3.05, 3.63) is 22.7 Å². The van der Waals surface area contributed by atoms with E-state index < -0.39 is 12.4 Å². The normalized spacial score (nSPS) is 16.2. The molecule has 1 atom stereocenters. The van der Waals surface area contributed by atoms with Crippen LogP contribution in [0.1, 0.15) is 19.8 Å². The van der Waals surface area contributed by atoms with Crippen LogP contribution in [0, 0.1) is 0 Å². The quantitative estimate of drug-likeness (QED) is 0.839. The molecule has 0 saturated heterocycles. The molecule has 1 amide bonds. The summed E-state index contributed by atoms with van der Waals surface area (Å²) in [7, 11) is 0. The Labute approximate surface area is 128 Å². The largest absolute Gasteiger partial charge is 0.573 e. The van der Waals surface area contributed by atoms with Crippen LogP contribution in [0.5, 0.6) is 5.75 Å². The van der Waals surface area contributed by atoms with Crippen molar-refractivity contribution >= 4 is 27.5 Å². The number of carbonyl (C=O) groups excluding carboxylic acids is 1. The molecule has 1 aliphatic rings. The molecule has 1 aromatic carbocycles. The molecule has 0 bridgehead atoms. The molecule has 1 aliphatic carbocycles. The molecule has 1 saturated carbocycles. The Morgan fingerprint density at radius 2 is 2.10 bits per heavy atom. The number of benzene rings is 1. The molecule has 4 nitrogen and oxygen atoms in total. The number of hydrogen-bond donors (Lipinski definition) is 2. The second-order valence-corrected chi connectivity index (χ2v) is 5.75. The van der Waals surface area contributed by atoms with Gasteiger partial charge < -0.3 is 15.4 Å². The summed E-state index contributed by atoms with van der Waals surface area (Å²) in [6, 6.07) is 3.71. The van der Waals surface area contributed by atoms with Crippen molar-refractivity contribution in [1.82, 2.24) is 5.32 Å². The fourth-order valence-corrected chi connectivity index (χ4v) is 2.02. The fourth-order valence-electron chi connectivity index (χ4n) is 1.68. The molecule has 0 radical (unpaired) electrons. The predicted octanol–water partition coefficient (Wildman–Crippen LogP) is 3.43. The predicted molar refractivity (Wildman–Crippen MR) is 75.1 cm³/mol. The SMILES string of the molecule is CC(Nc1ccc(Br)cc1OC(F)(F)F)C(=O)NC1CC1. The summed E-state index contributed by atoms with van der Waals surface area (Å²) in [5.74, 6) is -0.638. The van der Waals surface area contributed by atoms with Crippen LogP contribution in [0.3, 0.4) is 0 Å². The minimum Gasteiger partial charge on any atom is -0.404 e. The zero-order valence-electron chi connectivity index (χ0n) is 11.1. The van der Waals surface area contributed by atoms with Gasteiger partial charge in [0.25, 0.3) is 0 Å². The molecule has 8 heteroatoms. The minimum atomic E-state index is -4.79. The standard InChI is InChI=1S/C13H14BrF3N2O2/c1-7(12(20)19-9-3-4-9)18-10-5-2-8(14)6-11(10)21-13(15,16)17/h2,5-7,9,18H,3-4H2,1H3,(H,19,20). The third kappa shape index (κ3) is 5.11. The van der Waals surface area contributed by atoms with Crippen LogP contribution in [0.2, 0.25) is 0 Å². The fraction of sp³-hybridized carbons (Fsp3) is 0.462. The smallest absolute Gasteiger partial charge is 0.404 e. The van der Waals surface area contributed by atoms with E-state index in [9.17, 15) is 18.0 Å². The lowest BCUT2D eigenvalue weighted by atomic mass is 10.2. The number of amides is 1. The Balaban J connectivity index is 2.08. The molecular formula is C13H14BrF3N2O2. The summed E-state index contributed by atoms with van der Waals surface area (Å²) in [6.45, 7) is 1.58. The summed E-state index contributed by atoms with van der Waals surface area (Å²) >= 11 is 3.09. The number of hydrogen-bond acceptors (Lipinski definition) is 3. The zero-order chi connectivity index (χ0) is 15.6. The molecule has 0 aromatic heterocycles. The summed E-state index contributed by atoms with van der Waals surface area (Å²) in [5.41, 5.74) is 0.106. The molecular weight excluding hydrogens is 353 g/mol. The average Bonchev–Trinajstić information content (AvgIpc) is 3.14. The molecule has 1 fully saturated rings. The van der Waals surface area contributed by atoms with E-state index in [0.29, 0.717) is 4.47 Å². The summed E-state index contributed by atoms with van der Waals surface area (Å²) < 4.78 is 41.6. The number of alkyl halides is 3. The zero-order valence-corrected chi connectivity index (χ0v) is 12.7. The number of anilines is 1. The molecule has 2 N–H and O–H groups in total. The van der Waals surface area contributed by atoms with Crippen LogP contribution in [0.4, 0.5) is 18.9 Å². The van der Waals surface area contributed by atoms with E-state index in [1.165, 1.54) is 12.1 Å². The Bertz CT molecular complexity index is 533. The Morgan fingerprint density at radius 1 is 1.43 bits per heavy atom. The maximum atomic E-state index is 12.4. The van der Waals surface area contributed by atoms with Gasteiger partial charge in [0.1, 0.15) is 6.04 Å². The van der Waals surface area contributed by atoms with Crippen LogP contribution in [-0.4, -0.2) is 24.4 Å². The Hall–Kier alpha value is -1.44. The minimum absolute atomic E-state index is 0.106. The van der Waals surface area contributed by atoms with Crippen molar-refractivity contribution in [3.63, 3.8) is 0 Å². The molecule has 1 unspecified atom stereocenters. The third-order valence-electron chi connectivity index (χ3n) is 2.86. The van der Waals surface area contributed by atoms with Crippen molar-refractivity contribution in [2.75, 3.05) is 5.32 Å². The van der Waals surface area contributed by atoms with E-state index >= 15 is 0 Å². The lowest BCUT2D eigenvalue weighted by Crippen LogP contribution is -2.38. The van der Waals surface area contributed by atoms with E-state index in [2.05, 4.69) is 31.3 Å². The highest BCUT2D eigenvalue weighted by Gasteiger charge is 2.33. The van der Waals surface area contributed by atoms with Gasteiger partial charge in [0.05, 0.1) is 5.69 Å². The lowest BCUT2D eigenvalue weighted by molar-refractivity contribution is -0.274. The summed E-state index contributed by atoms with van der Waals surface area (Å²) in [6.07, 6.45) is -2.91. The lowest BCUT2D eigenvalue weighted by Gasteiger charge is -2.19. The number of halogens is 4. The van der Waals surface area contributed by atoms with E-state index in [4.69, 9.17) is 0 Å². The van der Waals surface area contributed by atoms with Gasteiger partial charge in [-0.1, -0.05) is 15.9 Å². The van der Waals surface area contributed by atoms with Crippen LogP contribution in [-0.2, 0) is 4.79 Å². The van der Waals surface area contributed by atoms with Crippen molar-refractivity contribution < 1.29 is 22.7 Å². The number of ether oxygens (including phenoxy) is 1. The van der Waals surface area contributed by atoms with Crippen LogP contribution in [0.15, 0.2) is 22.7 Å². The van der Waals surface area contributed by atoms with E-state index in [1.807, 2.05) is 0 Å². The van der Waals surface area contributed by atoms with Gasteiger partial charge in [0.15, 0.2) is 5.75 Å². The first-order valence-corrected chi connectivity index (χ1v) is 7.16. The maximum absolute atomic E-state index is 12.4. The highest BCUT2D eigenvalue weighted by Crippen LogP contribution is 2.33. The van der Waals surface area contributed by atoms with Crippen molar-refractivity contribution in [3.8, 4) is 5.75 Å². The molecule has 21 heavy (non-hydrogen) atoms. The van der Waals surface area contributed by atoms with Crippen LogP contribution >= 0.6 is 15.9 Å². The highest BCUT2D eigenvalue weighted by molar-refractivity contribution is 9.10. The van der Waals surface area contributed by atoms with Gasteiger partial charge in [0, 0.05) is 10.5 Å². The van der Waals surface area contributed by atoms with E-state index in [0.717, 1.165) is 12.8 Å². The van der Waals surface area contributed by atoms with Crippen molar-refractivity contribution in [1.29, 1.82) is 0 Å². The molecule has 0 spiro atoms. The molecule has 116 valence electrons. The van der Waals surface area contributed by atoms with E-state index in [1.54, 1.807) is 13.0 Å². The second kappa shape index (κ2) is 6.13. The first-order valence-electron chi connectivity index (χ1n) is 6.37. The number of rotatable bonds is 5. The van der Waals surface area contributed by atoms with E-state index in [-0.39, 0.29) is 23.4 Å². The third-order valence-corrected chi connectivity index (χ3v) is 3.35. The monoisotopic (exact) mass is 366 g/mol. The van der Waals surface area contributed by atoms with Gasteiger partial charge in [-0.05, 0) is 38.0 Å². The topological polar surface area (TPSA) is 50.4 Å². The van der Waals surface area contributed by atoms with Crippen LogP contribution in [0.25, 0.3) is 0 Å². The van der Waals surface area contributed by atoms with Gasteiger partial charge in [-0.2, -0.15) is 0 Å². The average molecular weight is 367 g/mol. The van der Waals surface area contributed by atoms with Gasteiger partial charge in [0.2, 0.25) is 5.91 Å². The van der Waals surface area contributed by atoms with Crippen molar-refractivity contribution in [2.45, 2.75) is 38.2 Å². The first kappa shape index (κ1) is 15.9. The van der Waals surface area contributed by atoms with Crippen molar-refractivity contribution in [2.24, 2.45) is 0 Å². The molecule has 0 heterocycles. The molecule has 2 rings (SSSR count). The van der Waals surface area contributed by atoms with Gasteiger partial charge in [-0.15, -0.1) is 13.2 Å². The second-order valence-electron chi connectivity index (χ2n) is 4.84. The summed E-state index contributed by atoms with van der Waals surface area (Å²) in [4.78, 5) is 11.8. The highest BCUT2D eigenvalue weighted by atomic mass is 79.9. The van der Waals surface area contributed by atoms with Gasteiger partial charge in [-0.3, -0.25) is 4.79 Å². The molecule has 1 aromatic rings. The van der Waals surface area contributed by atoms with Crippen LogP contribution < -0.4 is 15.4 Å². The Kier molecular flexibility index (Phi) is 4.65. The first-order chi connectivity index (χ1) is 9.74. The molecule has 0 aliphatic heterocycles. The van der Waals surface area contributed by atoms with Gasteiger partial charge in [-0.25, -0.2) is 0 Å². The number of carbonyl (C=O) groups is 1. The van der Waals surface area contributed by atoms with Gasteiger partial charge >= 0.3 is 6.36 Å².